The van der Waals surface area contributed by atoms with Crippen LogP contribution in [0.25, 0.3) is 0 Å². The Hall–Kier alpha value is -1.87. The fraction of sp³-hybridized carbons (Fsp3) is 0.167. The predicted octanol–water partition coefficient (Wildman–Crippen LogP) is 0.00790. The Morgan fingerprint density at radius 1 is 1.15 bits per heavy atom. The number of rotatable bonds is 5. The molecule has 7 nitrogen and oxygen atoms in total. The van der Waals surface area contributed by atoms with Crippen LogP contribution < -0.4 is 11.3 Å². The SMILES string of the molecule is NNCC(O)c1ccccc1.O=C(O)/C=C\C(=O)O.S. The molecule has 0 aliphatic rings. The highest BCUT2D eigenvalue weighted by molar-refractivity contribution is 7.59. The Balaban J connectivity index is 0. The highest BCUT2D eigenvalue weighted by atomic mass is 32.1. The Kier molecular flexibility index (Phi) is 12.5. The van der Waals surface area contributed by atoms with Crippen molar-refractivity contribution < 1.29 is 24.9 Å². The van der Waals surface area contributed by atoms with E-state index in [2.05, 4.69) is 5.43 Å². The molecule has 0 heterocycles. The number of hydrogen-bond donors (Lipinski definition) is 5. The van der Waals surface area contributed by atoms with Crippen LogP contribution in [0.2, 0.25) is 0 Å². The maximum absolute atomic E-state index is 9.55. The fourth-order valence-corrected chi connectivity index (χ4v) is 1.05. The number of hydrazine groups is 1. The van der Waals surface area contributed by atoms with E-state index in [9.17, 15) is 14.7 Å². The van der Waals surface area contributed by atoms with Gasteiger partial charge < -0.3 is 15.3 Å². The largest absolute Gasteiger partial charge is 0.478 e. The molecule has 112 valence electrons. The normalized spacial score (nSPS) is 10.9. The van der Waals surface area contributed by atoms with Gasteiger partial charge >= 0.3 is 11.9 Å². The molecule has 6 N–H and O–H groups in total. The van der Waals surface area contributed by atoms with E-state index in [1.165, 1.54) is 0 Å². The van der Waals surface area contributed by atoms with E-state index in [0.717, 1.165) is 5.56 Å². The third-order valence-corrected chi connectivity index (χ3v) is 1.86. The van der Waals surface area contributed by atoms with Crippen LogP contribution in [0.5, 0.6) is 0 Å². The standard InChI is InChI=1S/C8H12N2O.C4H4O4.H2S/c9-10-6-8(11)7-4-2-1-3-5-7;5-3(6)1-2-4(7)8;/h1-5,8,10-11H,6,9H2;1-2H,(H,5,6)(H,7,8);1H2/b;2-1-;. The van der Waals surface area contributed by atoms with Crippen molar-refractivity contribution in [1.82, 2.24) is 5.43 Å². The molecule has 1 aromatic rings. The third kappa shape index (κ3) is 11.2. The number of carboxylic acids is 2. The molecule has 8 heteroatoms. The van der Waals surface area contributed by atoms with E-state index in [4.69, 9.17) is 16.1 Å². The van der Waals surface area contributed by atoms with Crippen molar-refractivity contribution in [3.05, 3.63) is 48.0 Å². The van der Waals surface area contributed by atoms with Gasteiger partial charge in [0.15, 0.2) is 0 Å². The molecule has 1 unspecified atom stereocenters. The molecule has 0 fully saturated rings. The minimum Gasteiger partial charge on any atom is -0.478 e. The Morgan fingerprint density at radius 3 is 1.95 bits per heavy atom. The van der Waals surface area contributed by atoms with Gasteiger partial charge in [-0.05, 0) is 5.56 Å². The molecule has 0 saturated carbocycles. The summed E-state index contributed by atoms with van der Waals surface area (Å²) in [5, 5.41) is 25.0. The molecular weight excluding hydrogens is 284 g/mol. The molecule has 1 aromatic carbocycles. The van der Waals surface area contributed by atoms with Crippen LogP contribution in [0.3, 0.4) is 0 Å². The molecular formula is C12H18N2O5S. The van der Waals surface area contributed by atoms with Gasteiger partial charge in [0.25, 0.3) is 0 Å². The average molecular weight is 302 g/mol. The number of aliphatic carboxylic acids is 2. The zero-order chi connectivity index (χ0) is 14.7. The summed E-state index contributed by atoms with van der Waals surface area (Å²) in [7, 11) is 0. The number of hydrogen-bond acceptors (Lipinski definition) is 5. The molecule has 0 saturated heterocycles. The molecule has 0 aromatic heterocycles. The van der Waals surface area contributed by atoms with Crippen molar-refractivity contribution >= 4 is 25.4 Å². The van der Waals surface area contributed by atoms with Crippen LogP contribution in [0.1, 0.15) is 11.7 Å². The molecule has 0 aliphatic heterocycles. The van der Waals surface area contributed by atoms with Crippen LogP contribution in [-0.2, 0) is 9.59 Å². The van der Waals surface area contributed by atoms with E-state index >= 15 is 0 Å². The first kappa shape index (κ1) is 20.4. The zero-order valence-corrected chi connectivity index (χ0v) is 11.6. The van der Waals surface area contributed by atoms with Gasteiger partial charge in [-0.1, -0.05) is 30.3 Å². The first-order valence-electron chi connectivity index (χ1n) is 5.27. The van der Waals surface area contributed by atoms with Gasteiger partial charge in [-0.15, -0.1) is 0 Å². The Morgan fingerprint density at radius 2 is 1.60 bits per heavy atom. The summed E-state index contributed by atoms with van der Waals surface area (Å²) in [5.74, 6) is 2.54. The second kappa shape index (κ2) is 12.2. The summed E-state index contributed by atoms with van der Waals surface area (Å²) >= 11 is 0. The van der Waals surface area contributed by atoms with Crippen LogP contribution >= 0.6 is 13.5 Å². The molecule has 20 heavy (non-hydrogen) atoms. The number of nitrogens with two attached hydrogens (primary N) is 1. The molecule has 0 spiro atoms. The minimum atomic E-state index is -1.26. The van der Waals surface area contributed by atoms with Crippen molar-refractivity contribution in [3.8, 4) is 0 Å². The van der Waals surface area contributed by atoms with Gasteiger partial charge in [0.2, 0.25) is 0 Å². The summed E-state index contributed by atoms with van der Waals surface area (Å²) < 4.78 is 0. The summed E-state index contributed by atoms with van der Waals surface area (Å²) in [4.78, 5) is 19.1. The van der Waals surface area contributed by atoms with Gasteiger partial charge in [0, 0.05) is 18.7 Å². The summed E-state index contributed by atoms with van der Waals surface area (Å²) in [6.45, 7) is 0.379. The second-order valence-electron chi connectivity index (χ2n) is 3.34. The molecule has 1 rings (SSSR count). The number of aliphatic hydroxyl groups excluding tert-OH is 1. The zero-order valence-electron chi connectivity index (χ0n) is 10.6. The van der Waals surface area contributed by atoms with E-state index in [-0.39, 0.29) is 13.5 Å². The van der Waals surface area contributed by atoms with Crippen molar-refractivity contribution in [1.29, 1.82) is 0 Å². The fourth-order valence-electron chi connectivity index (χ4n) is 1.05. The topological polar surface area (TPSA) is 133 Å². The van der Waals surface area contributed by atoms with Crippen molar-refractivity contribution in [2.75, 3.05) is 6.54 Å². The smallest absolute Gasteiger partial charge is 0.328 e. The lowest BCUT2D eigenvalue weighted by molar-refractivity contribution is -0.134. The van der Waals surface area contributed by atoms with Crippen LogP contribution in [0, 0.1) is 0 Å². The third-order valence-electron chi connectivity index (χ3n) is 1.86. The van der Waals surface area contributed by atoms with E-state index in [1.54, 1.807) is 0 Å². The molecule has 1 atom stereocenters. The number of aliphatic hydroxyl groups is 1. The van der Waals surface area contributed by atoms with Gasteiger partial charge in [0.05, 0.1) is 6.10 Å². The maximum atomic E-state index is 9.55. The van der Waals surface area contributed by atoms with Gasteiger partial charge in [-0.2, -0.15) is 13.5 Å². The van der Waals surface area contributed by atoms with Crippen LogP contribution in [0.15, 0.2) is 42.5 Å². The summed E-state index contributed by atoms with van der Waals surface area (Å²) in [6, 6.07) is 9.40. The van der Waals surface area contributed by atoms with E-state index in [1.807, 2.05) is 30.3 Å². The summed E-state index contributed by atoms with van der Waals surface area (Å²) in [5.41, 5.74) is 3.30. The molecule has 0 amide bonds. The van der Waals surface area contributed by atoms with Gasteiger partial charge in [-0.25, -0.2) is 9.59 Å². The second-order valence-corrected chi connectivity index (χ2v) is 3.34. The van der Waals surface area contributed by atoms with E-state index in [0.29, 0.717) is 18.7 Å². The number of benzene rings is 1. The van der Waals surface area contributed by atoms with Gasteiger partial charge in [0.1, 0.15) is 0 Å². The lowest BCUT2D eigenvalue weighted by Gasteiger charge is -2.08. The van der Waals surface area contributed by atoms with Crippen LogP contribution in [-0.4, -0.2) is 33.8 Å². The molecule has 0 bridgehead atoms. The first-order valence-corrected chi connectivity index (χ1v) is 5.27. The predicted molar refractivity (Wildman–Crippen MR) is 78.4 cm³/mol. The quantitative estimate of drug-likeness (QED) is 0.294. The minimum absolute atomic E-state index is 0. The van der Waals surface area contributed by atoms with Crippen molar-refractivity contribution in [2.24, 2.45) is 5.84 Å². The maximum Gasteiger partial charge on any atom is 0.328 e. The Labute approximate surface area is 123 Å². The van der Waals surface area contributed by atoms with Crippen LogP contribution in [0.4, 0.5) is 0 Å². The Bertz CT molecular complexity index is 409. The first-order chi connectivity index (χ1) is 8.97. The number of carbonyl (C=O) groups is 2. The monoisotopic (exact) mass is 302 g/mol. The average Bonchev–Trinajstić information content (AvgIpc) is 2.38. The lowest BCUT2D eigenvalue weighted by Crippen LogP contribution is -2.27. The highest BCUT2D eigenvalue weighted by Gasteiger charge is 2.03. The van der Waals surface area contributed by atoms with Crippen molar-refractivity contribution in [2.45, 2.75) is 6.10 Å². The molecule has 0 aliphatic carbocycles. The number of carboxylic acid groups (broad SMARTS) is 2. The lowest BCUT2D eigenvalue weighted by atomic mass is 10.1. The highest BCUT2D eigenvalue weighted by Crippen LogP contribution is 2.09. The molecule has 0 radical (unpaired) electrons. The van der Waals surface area contributed by atoms with E-state index < -0.39 is 18.0 Å². The van der Waals surface area contributed by atoms with Gasteiger partial charge in [-0.3, -0.25) is 11.3 Å². The van der Waals surface area contributed by atoms with Crippen molar-refractivity contribution in [3.63, 3.8) is 0 Å². The number of nitrogens with one attached hydrogen (secondary N) is 1. The summed E-state index contributed by atoms with van der Waals surface area (Å²) in [6.07, 6.45) is 0.603.